The molecule has 1 rings (SSSR count). The standard InChI is InChI=1S/C12H16ClNO2/c1-16-8-2-7-14-9-12(15)10-3-5-11(13)6-4-10/h3-6,14H,2,7-9H2,1H3. The van der Waals surface area contributed by atoms with E-state index >= 15 is 0 Å². The Kier molecular flexibility index (Phi) is 6.08. The Bertz CT molecular complexity index is 324. The lowest BCUT2D eigenvalue weighted by Gasteiger charge is -2.04. The van der Waals surface area contributed by atoms with Gasteiger partial charge in [0, 0.05) is 24.3 Å². The van der Waals surface area contributed by atoms with Crippen LogP contribution in [0.3, 0.4) is 0 Å². The monoisotopic (exact) mass is 241 g/mol. The Morgan fingerprint density at radius 1 is 1.38 bits per heavy atom. The van der Waals surface area contributed by atoms with Gasteiger partial charge in [0.1, 0.15) is 0 Å². The minimum atomic E-state index is 0.0779. The van der Waals surface area contributed by atoms with Crippen LogP contribution < -0.4 is 5.32 Å². The number of methoxy groups -OCH3 is 1. The Morgan fingerprint density at radius 2 is 2.06 bits per heavy atom. The summed E-state index contributed by atoms with van der Waals surface area (Å²) in [4.78, 5) is 11.7. The fraction of sp³-hybridized carbons (Fsp3) is 0.417. The molecule has 0 aliphatic carbocycles. The highest BCUT2D eigenvalue weighted by Gasteiger charge is 2.04. The van der Waals surface area contributed by atoms with Crippen LogP contribution in [0.5, 0.6) is 0 Å². The second-order valence-electron chi connectivity index (χ2n) is 3.45. The van der Waals surface area contributed by atoms with E-state index in [2.05, 4.69) is 5.32 Å². The molecule has 1 N–H and O–H groups in total. The first kappa shape index (κ1) is 13.2. The Labute approximate surface area is 101 Å². The summed E-state index contributed by atoms with van der Waals surface area (Å²) in [6.45, 7) is 1.85. The van der Waals surface area contributed by atoms with Crippen molar-refractivity contribution in [2.24, 2.45) is 0 Å². The van der Waals surface area contributed by atoms with Gasteiger partial charge < -0.3 is 10.1 Å². The van der Waals surface area contributed by atoms with E-state index in [1.807, 2.05) is 0 Å². The molecule has 0 bridgehead atoms. The summed E-state index contributed by atoms with van der Waals surface area (Å²) in [5.74, 6) is 0.0779. The smallest absolute Gasteiger partial charge is 0.176 e. The number of Topliss-reactive ketones (excluding diaryl/α,β-unsaturated/α-hetero) is 1. The first-order chi connectivity index (χ1) is 7.74. The van der Waals surface area contributed by atoms with Crippen molar-refractivity contribution in [3.8, 4) is 0 Å². The maximum absolute atomic E-state index is 11.7. The van der Waals surface area contributed by atoms with Gasteiger partial charge in [-0.15, -0.1) is 0 Å². The van der Waals surface area contributed by atoms with Gasteiger partial charge in [-0.25, -0.2) is 0 Å². The number of carbonyl (C=O) groups excluding carboxylic acids is 1. The summed E-state index contributed by atoms with van der Waals surface area (Å²) in [6, 6.07) is 6.92. The lowest BCUT2D eigenvalue weighted by molar-refractivity contribution is 0.0990. The van der Waals surface area contributed by atoms with Crippen LogP contribution in [0.4, 0.5) is 0 Å². The van der Waals surface area contributed by atoms with Gasteiger partial charge in [0.15, 0.2) is 5.78 Å². The van der Waals surface area contributed by atoms with Gasteiger partial charge in [-0.05, 0) is 37.2 Å². The highest BCUT2D eigenvalue weighted by molar-refractivity contribution is 6.30. The van der Waals surface area contributed by atoms with E-state index in [0.717, 1.165) is 13.0 Å². The average molecular weight is 242 g/mol. The number of hydrogen-bond acceptors (Lipinski definition) is 3. The average Bonchev–Trinajstić information content (AvgIpc) is 2.29. The Balaban J connectivity index is 2.27. The van der Waals surface area contributed by atoms with Crippen LogP contribution in [0.2, 0.25) is 5.02 Å². The second-order valence-corrected chi connectivity index (χ2v) is 3.89. The normalized spacial score (nSPS) is 10.4. The molecule has 16 heavy (non-hydrogen) atoms. The SMILES string of the molecule is COCCCNCC(=O)c1ccc(Cl)cc1. The number of benzene rings is 1. The van der Waals surface area contributed by atoms with E-state index in [-0.39, 0.29) is 5.78 Å². The molecule has 0 aliphatic rings. The molecule has 0 saturated carbocycles. The molecule has 3 nitrogen and oxygen atoms in total. The Morgan fingerprint density at radius 3 is 2.69 bits per heavy atom. The van der Waals surface area contributed by atoms with Crippen molar-refractivity contribution in [2.75, 3.05) is 26.8 Å². The van der Waals surface area contributed by atoms with Crippen molar-refractivity contribution in [2.45, 2.75) is 6.42 Å². The van der Waals surface area contributed by atoms with E-state index in [0.29, 0.717) is 23.7 Å². The van der Waals surface area contributed by atoms with Gasteiger partial charge in [-0.1, -0.05) is 11.6 Å². The fourth-order valence-electron chi connectivity index (χ4n) is 1.28. The molecule has 0 aliphatic heterocycles. The van der Waals surface area contributed by atoms with Crippen LogP contribution in [0.1, 0.15) is 16.8 Å². The zero-order valence-corrected chi connectivity index (χ0v) is 10.1. The van der Waals surface area contributed by atoms with Crippen molar-refractivity contribution in [1.82, 2.24) is 5.32 Å². The summed E-state index contributed by atoms with van der Waals surface area (Å²) in [7, 11) is 1.67. The zero-order chi connectivity index (χ0) is 11.8. The highest BCUT2D eigenvalue weighted by Crippen LogP contribution is 2.09. The number of hydrogen-bond donors (Lipinski definition) is 1. The predicted octanol–water partition coefficient (Wildman–Crippen LogP) is 2.15. The lowest BCUT2D eigenvalue weighted by Crippen LogP contribution is -2.24. The van der Waals surface area contributed by atoms with Crippen molar-refractivity contribution in [1.29, 1.82) is 0 Å². The molecule has 0 radical (unpaired) electrons. The topological polar surface area (TPSA) is 38.3 Å². The molecule has 1 aromatic carbocycles. The maximum atomic E-state index is 11.7. The summed E-state index contributed by atoms with van der Waals surface area (Å²) in [6.07, 6.45) is 0.907. The molecule has 0 amide bonds. The highest BCUT2D eigenvalue weighted by atomic mass is 35.5. The van der Waals surface area contributed by atoms with Crippen molar-refractivity contribution >= 4 is 17.4 Å². The minimum absolute atomic E-state index is 0.0779. The maximum Gasteiger partial charge on any atom is 0.176 e. The molecule has 0 saturated heterocycles. The van der Waals surface area contributed by atoms with Crippen LogP contribution in [-0.2, 0) is 4.74 Å². The molecule has 0 heterocycles. The van der Waals surface area contributed by atoms with Crippen LogP contribution in [-0.4, -0.2) is 32.6 Å². The van der Waals surface area contributed by atoms with E-state index in [1.54, 1.807) is 31.4 Å². The third-order valence-electron chi connectivity index (χ3n) is 2.15. The third-order valence-corrected chi connectivity index (χ3v) is 2.41. The van der Waals surface area contributed by atoms with Gasteiger partial charge in [-0.2, -0.15) is 0 Å². The van der Waals surface area contributed by atoms with Crippen LogP contribution in [0, 0.1) is 0 Å². The molecular weight excluding hydrogens is 226 g/mol. The largest absolute Gasteiger partial charge is 0.385 e. The number of carbonyl (C=O) groups is 1. The molecule has 88 valence electrons. The second kappa shape index (κ2) is 7.39. The lowest BCUT2D eigenvalue weighted by atomic mass is 10.1. The Hall–Kier alpha value is -0.900. The quantitative estimate of drug-likeness (QED) is 0.587. The van der Waals surface area contributed by atoms with E-state index in [4.69, 9.17) is 16.3 Å². The number of rotatable bonds is 7. The minimum Gasteiger partial charge on any atom is -0.385 e. The molecule has 0 aromatic heterocycles. The first-order valence-electron chi connectivity index (χ1n) is 5.22. The molecule has 0 atom stereocenters. The van der Waals surface area contributed by atoms with Gasteiger partial charge in [-0.3, -0.25) is 4.79 Å². The van der Waals surface area contributed by atoms with E-state index in [9.17, 15) is 4.79 Å². The van der Waals surface area contributed by atoms with Crippen molar-refractivity contribution < 1.29 is 9.53 Å². The van der Waals surface area contributed by atoms with Gasteiger partial charge in [0.25, 0.3) is 0 Å². The van der Waals surface area contributed by atoms with Gasteiger partial charge >= 0.3 is 0 Å². The van der Waals surface area contributed by atoms with Crippen molar-refractivity contribution in [3.05, 3.63) is 34.9 Å². The molecule has 0 unspecified atom stereocenters. The summed E-state index contributed by atoms with van der Waals surface area (Å²) >= 11 is 5.74. The summed E-state index contributed by atoms with van der Waals surface area (Å²) in [5, 5.41) is 3.71. The third kappa shape index (κ3) is 4.75. The molecule has 0 fully saturated rings. The first-order valence-corrected chi connectivity index (χ1v) is 5.60. The van der Waals surface area contributed by atoms with Crippen LogP contribution in [0.15, 0.2) is 24.3 Å². The van der Waals surface area contributed by atoms with Crippen molar-refractivity contribution in [3.63, 3.8) is 0 Å². The molecule has 4 heteroatoms. The van der Waals surface area contributed by atoms with Gasteiger partial charge in [0.2, 0.25) is 0 Å². The predicted molar refractivity (Wildman–Crippen MR) is 65.1 cm³/mol. The number of halogens is 1. The number of ether oxygens (including phenoxy) is 1. The summed E-state index contributed by atoms with van der Waals surface area (Å²) in [5.41, 5.74) is 0.684. The van der Waals surface area contributed by atoms with Gasteiger partial charge in [0.05, 0.1) is 6.54 Å². The van der Waals surface area contributed by atoms with E-state index < -0.39 is 0 Å². The summed E-state index contributed by atoms with van der Waals surface area (Å²) < 4.78 is 4.91. The van der Waals surface area contributed by atoms with E-state index in [1.165, 1.54) is 0 Å². The molecule has 0 spiro atoms. The fourth-order valence-corrected chi connectivity index (χ4v) is 1.41. The van der Waals surface area contributed by atoms with Crippen LogP contribution in [0.25, 0.3) is 0 Å². The van der Waals surface area contributed by atoms with Crippen LogP contribution >= 0.6 is 11.6 Å². The molecule has 1 aromatic rings. The number of ketones is 1. The molecular formula is C12H16ClNO2. The zero-order valence-electron chi connectivity index (χ0n) is 9.33. The number of nitrogens with one attached hydrogen (secondary N) is 1.